The second-order valence-corrected chi connectivity index (χ2v) is 7.71. The van der Waals surface area contributed by atoms with Crippen LogP contribution in [0.5, 0.6) is 0 Å². The van der Waals surface area contributed by atoms with Gasteiger partial charge < -0.3 is 9.80 Å². The van der Waals surface area contributed by atoms with Crippen molar-refractivity contribution in [3.8, 4) is 11.4 Å². The Labute approximate surface area is 167 Å². The van der Waals surface area contributed by atoms with Crippen LogP contribution in [0.3, 0.4) is 0 Å². The van der Waals surface area contributed by atoms with E-state index in [9.17, 15) is 18.0 Å². The molecule has 1 aliphatic heterocycles. The first-order chi connectivity index (χ1) is 13.8. The molecule has 2 heterocycles. The summed E-state index contributed by atoms with van der Waals surface area (Å²) in [5.74, 6) is 1.40. The summed E-state index contributed by atoms with van der Waals surface area (Å²) in [7, 11) is 0. The van der Waals surface area contributed by atoms with Gasteiger partial charge in [-0.2, -0.15) is 13.2 Å². The van der Waals surface area contributed by atoms with Crippen LogP contribution in [-0.2, 0) is 11.0 Å². The maximum Gasteiger partial charge on any atom is 0.416 e. The summed E-state index contributed by atoms with van der Waals surface area (Å²) in [6.45, 7) is 4.38. The third-order valence-electron chi connectivity index (χ3n) is 5.66. The highest BCUT2D eigenvalue weighted by Gasteiger charge is 2.32. The molecule has 0 spiro atoms. The maximum absolute atomic E-state index is 13.0. The first-order valence-corrected chi connectivity index (χ1v) is 9.88. The lowest BCUT2D eigenvalue weighted by Gasteiger charge is -2.38. The topological polar surface area (TPSA) is 49.3 Å². The van der Waals surface area contributed by atoms with Crippen LogP contribution in [-0.4, -0.2) is 47.0 Å². The summed E-state index contributed by atoms with van der Waals surface area (Å²) in [4.78, 5) is 25.3. The Bertz CT molecular complexity index is 903. The maximum atomic E-state index is 13.0. The summed E-state index contributed by atoms with van der Waals surface area (Å²) < 4.78 is 39.1. The SMILES string of the molecule is Cc1cc(N2CCN(C(=O)C3CCC3)CC2)nc(-c2cccc(C(F)(F)F)c2)n1. The number of amides is 1. The molecule has 1 aromatic heterocycles. The Morgan fingerprint density at radius 3 is 2.41 bits per heavy atom. The molecule has 8 heteroatoms. The molecule has 0 unspecified atom stereocenters. The van der Waals surface area contributed by atoms with E-state index in [2.05, 4.69) is 14.9 Å². The van der Waals surface area contributed by atoms with Crippen LogP contribution in [0.15, 0.2) is 30.3 Å². The number of piperazine rings is 1. The van der Waals surface area contributed by atoms with Gasteiger partial charge >= 0.3 is 6.18 Å². The smallest absolute Gasteiger partial charge is 0.353 e. The number of halogens is 3. The number of nitrogens with zero attached hydrogens (tertiary/aromatic N) is 4. The third kappa shape index (κ3) is 4.21. The van der Waals surface area contributed by atoms with Gasteiger partial charge in [-0.1, -0.05) is 18.6 Å². The molecule has 2 fully saturated rings. The van der Waals surface area contributed by atoms with Crippen molar-refractivity contribution in [2.24, 2.45) is 5.92 Å². The average Bonchev–Trinajstić information content (AvgIpc) is 2.66. The second-order valence-electron chi connectivity index (χ2n) is 7.71. The minimum absolute atomic E-state index is 0.190. The first-order valence-electron chi connectivity index (χ1n) is 9.88. The molecule has 0 radical (unpaired) electrons. The van der Waals surface area contributed by atoms with Crippen molar-refractivity contribution in [2.45, 2.75) is 32.4 Å². The summed E-state index contributed by atoms with van der Waals surface area (Å²) in [5.41, 5.74) is 0.309. The zero-order chi connectivity index (χ0) is 20.6. The van der Waals surface area contributed by atoms with Gasteiger partial charge in [0.2, 0.25) is 5.91 Å². The molecular formula is C21H23F3N4O. The van der Waals surface area contributed by atoms with E-state index < -0.39 is 11.7 Å². The Balaban J connectivity index is 1.51. The Kier molecular flexibility index (Phi) is 5.19. The number of carbonyl (C=O) groups excluding carboxylic acids is 1. The minimum Gasteiger partial charge on any atom is -0.353 e. The van der Waals surface area contributed by atoms with Gasteiger partial charge in [-0.15, -0.1) is 0 Å². The van der Waals surface area contributed by atoms with Gasteiger partial charge in [0.15, 0.2) is 5.82 Å². The molecule has 29 heavy (non-hydrogen) atoms. The fourth-order valence-corrected chi connectivity index (χ4v) is 3.75. The molecule has 5 nitrogen and oxygen atoms in total. The lowest BCUT2D eigenvalue weighted by Crippen LogP contribution is -2.51. The van der Waals surface area contributed by atoms with Crippen LogP contribution in [0.2, 0.25) is 0 Å². The second kappa shape index (κ2) is 7.65. The van der Waals surface area contributed by atoms with Gasteiger partial charge in [0.25, 0.3) is 0 Å². The van der Waals surface area contributed by atoms with Crippen molar-refractivity contribution < 1.29 is 18.0 Å². The molecule has 1 saturated heterocycles. The molecule has 0 bridgehead atoms. The molecule has 1 aromatic carbocycles. The quantitative estimate of drug-likeness (QED) is 0.778. The normalized spacial score (nSPS) is 17.9. The molecule has 1 saturated carbocycles. The van der Waals surface area contributed by atoms with Gasteiger partial charge in [0.1, 0.15) is 5.82 Å². The molecule has 2 aromatic rings. The number of aryl methyl sites for hydroxylation is 1. The van der Waals surface area contributed by atoms with E-state index in [1.54, 1.807) is 13.0 Å². The Morgan fingerprint density at radius 2 is 1.79 bits per heavy atom. The van der Waals surface area contributed by atoms with Crippen molar-refractivity contribution in [1.29, 1.82) is 0 Å². The number of rotatable bonds is 3. The highest BCUT2D eigenvalue weighted by molar-refractivity contribution is 5.79. The van der Waals surface area contributed by atoms with E-state index in [0.717, 1.165) is 31.4 Å². The van der Waals surface area contributed by atoms with Crippen molar-refractivity contribution in [1.82, 2.24) is 14.9 Å². The van der Waals surface area contributed by atoms with E-state index in [4.69, 9.17) is 0 Å². The van der Waals surface area contributed by atoms with Crippen LogP contribution in [0.25, 0.3) is 11.4 Å². The number of carbonyl (C=O) groups is 1. The van der Waals surface area contributed by atoms with E-state index in [0.29, 0.717) is 43.3 Å². The van der Waals surface area contributed by atoms with Crippen LogP contribution < -0.4 is 4.90 Å². The summed E-state index contributed by atoms with van der Waals surface area (Å²) in [6, 6.07) is 6.91. The largest absolute Gasteiger partial charge is 0.416 e. The predicted molar refractivity (Wildman–Crippen MR) is 103 cm³/mol. The number of hydrogen-bond acceptors (Lipinski definition) is 4. The van der Waals surface area contributed by atoms with E-state index >= 15 is 0 Å². The number of anilines is 1. The zero-order valence-electron chi connectivity index (χ0n) is 16.2. The number of aromatic nitrogens is 2. The average molecular weight is 404 g/mol. The first kappa shape index (κ1) is 19.7. The van der Waals surface area contributed by atoms with Crippen LogP contribution >= 0.6 is 0 Å². The van der Waals surface area contributed by atoms with Crippen LogP contribution in [0, 0.1) is 12.8 Å². The van der Waals surface area contributed by atoms with E-state index in [1.165, 1.54) is 6.07 Å². The lowest BCUT2D eigenvalue weighted by molar-refractivity contribution is -0.138. The number of hydrogen-bond donors (Lipinski definition) is 0. The molecule has 1 aliphatic carbocycles. The van der Waals surface area contributed by atoms with Crippen molar-refractivity contribution in [3.63, 3.8) is 0 Å². The molecule has 0 N–H and O–H groups in total. The minimum atomic E-state index is -4.41. The highest BCUT2D eigenvalue weighted by Crippen LogP contribution is 2.32. The van der Waals surface area contributed by atoms with Gasteiger partial charge in [-0.05, 0) is 31.9 Å². The fraction of sp³-hybridized carbons (Fsp3) is 0.476. The standard InChI is InChI=1S/C21H23F3N4O/c1-14-12-18(27-8-10-28(11-9-27)20(29)15-4-2-5-15)26-19(25-14)16-6-3-7-17(13-16)21(22,23)24/h3,6-7,12-13,15H,2,4-5,8-11H2,1H3. The lowest BCUT2D eigenvalue weighted by atomic mass is 9.84. The molecule has 1 amide bonds. The third-order valence-corrected chi connectivity index (χ3v) is 5.66. The Hall–Kier alpha value is -2.64. The van der Waals surface area contributed by atoms with E-state index in [-0.39, 0.29) is 17.6 Å². The monoisotopic (exact) mass is 404 g/mol. The van der Waals surface area contributed by atoms with Gasteiger partial charge in [-0.3, -0.25) is 4.79 Å². The fourth-order valence-electron chi connectivity index (χ4n) is 3.75. The van der Waals surface area contributed by atoms with Gasteiger partial charge in [0.05, 0.1) is 5.56 Å². The van der Waals surface area contributed by atoms with Crippen molar-refractivity contribution >= 4 is 11.7 Å². The molecular weight excluding hydrogens is 381 g/mol. The van der Waals surface area contributed by atoms with Crippen LogP contribution in [0.4, 0.5) is 19.0 Å². The summed E-state index contributed by atoms with van der Waals surface area (Å²) in [6.07, 6.45) is -1.30. The molecule has 2 aliphatic rings. The Morgan fingerprint density at radius 1 is 1.07 bits per heavy atom. The number of alkyl halides is 3. The van der Waals surface area contributed by atoms with E-state index in [1.807, 2.05) is 11.0 Å². The predicted octanol–water partition coefficient (Wildman–Crippen LogP) is 3.92. The molecule has 4 rings (SSSR count). The van der Waals surface area contributed by atoms with Crippen molar-refractivity contribution in [3.05, 3.63) is 41.6 Å². The summed E-state index contributed by atoms with van der Waals surface area (Å²) in [5, 5.41) is 0. The molecule has 0 atom stereocenters. The zero-order valence-corrected chi connectivity index (χ0v) is 16.2. The van der Waals surface area contributed by atoms with Gasteiger partial charge in [-0.25, -0.2) is 9.97 Å². The van der Waals surface area contributed by atoms with Crippen LogP contribution in [0.1, 0.15) is 30.5 Å². The van der Waals surface area contributed by atoms with Crippen molar-refractivity contribution in [2.75, 3.05) is 31.1 Å². The molecule has 154 valence electrons. The highest BCUT2D eigenvalue weighted by atomic mass is 19.4. The van der Waals surface area contributed by atoms with Gasteiger partial charge in [0, 0.05) is 49.4 Å². The number of benzene rings is 1. The summed E-state index contributed by atoms with van der Waals surface area (Å²) >= 11 is 0.